The summed E-state index contributed by atoms with van der Waals surface area (Å²) in [5.74, 6) is -0.700. The topological polar surface area (TPSA) is 73.2 Å². The lowest BCUT2D eigenvalue weighted by Crippen LogP contribution is -2.30. The molecule has 126 valence electrons. The third-order valence-corrected chi connectivity index (χ3v) is 2.95. The number of fused-ring (bicyclic) bond motifs is 1. The molecule has 0 bridgehead atoms. The number of imidazole rings is 1. The zero-order chi connectivity index (χ0) is 17.7. The van der Waals surface area contributed by atoms with E-state index in [1.165, 1.54) is 24.3 Å². The molecule has 0 radical (unpaired) electrons. The highest BCUT2D eigenvalue weighted by Gasteiger charge is 2.38. The van der Waals surface area contributed by atoms with E-state index < -0.39 is 37.0 Å². The molecule has 1 N–H and O–H groups in total. The van der Waals surface area contributed by atoms with Crippen molar-refractivity contribution in [1.82, 2.24) is 14.9 Å². The second-order valence-corrected chi connectivity index (χ2v) is 4.65. The van der Waals surface area contributed by atoms with Crippen LogP contribution in [0.3, 0.4) is 0 Å². The summed E-state index contributed by atoms with van der Waals surface area (Å²) in [6, 6.07) is 5.87. The van der Waals surface area contributed by atoms with Crippen molar-refractivity contribution in [1.29, 1.82) is 0 Å². The monoisotopic (exact) mass is 339 g/mol. The van der Waals surface area contributed by atoms with Gasteiger partial charge in [0.2, 0.25) is 5.82 Å². The highest BCUT2D eigenvalue weighted by atomic mass is 19.4. The van der Waals surface area contributed by atoms with Gasteiger partial charge in [0.15, 0.2) is 6.61 Å². The molecule has 0 aliphatic heterocycles. The quantitative estimate of drug-likeness (QED) is 0.659. The lowest BCUT2D eigenvalue weighted by atomic mass is 10.3. The Kier molecular flexibility index (Phi) is 5.08. The lowest BCUT2D eigenvalue weighted by molar-refractivity contribution is -0.153. The van der Waals surface area contributed by atoms with Crippen LogP contribution in [-0.4, -0.2) is 34.6 Å². The first-order valence-corrected chi connectivity index (χ1v) is 6.71. The van der Waals surface area contributed by atoms with Crippen molar-refractivity contribution >= 4 is 22.9 Å². The van der Waals surface area contributed by atoms with Crippen LogP contribution in [0.5, 0.6) is 0 Å². The molecule has 0 unspecified atom stereocenters. The summed E-state index contributed by atoms with van der Waals surface area (Å²) in [6.45, 7) is -1.40. The molecule has 0 saturated heterocycles. The van der Waals surface area contributed by atoms with Crippen molar-refractivity contribution in [2.45, 2.75) is 12.7 Å². The Labute approximate surface area is 134 Å². The molecule has 1 amide bonds. The second-order valence-electron chi connectivity index (χ2n) is 4.65. The third kappa shape index (κ3) is 4.04. The number of alkyl halides is 3. The molecule has 0 aliphatic carbocycles. The normalized spacial score (nSPS) is 11.1. The van der Waals surface area contributed by atoms with Crippen LogP contribution in [0, 0.1) is 12.3 Å². The van der Waals surface area contributed by atoms with Crippen molar-refractivity contribution in [3.05, 3.63) is 30.1 Å². The molecular weight excluding hydrogens is 327 g/mol. The van der Waals surface area contributed by atoms with Gasteiger partial charge in [0, 0.05) is 0 Å². The number of esters is 1. The van der Waals surface area contributed by atoms with E-state index in [-0.39, 0.29) is 17.6 Å². The standard InChI is InChI=1S/C15H12F3N3O3/c1-2-7-19-12(22)9-24-13(23)8-21-11-6-4-3-5-10(11)20-14(21)15(16,17)18/h1,3-6H,7-9H2,(H,19,22). The van der Waals surface area contributed by atoms with Gasteiger partial charge in [0.05, 0.1) is 17.6 Å². The Balaban J connectivity index is 2.15. The van der Waals surface area contributed by atoms with Crippen LogP contribution in [0.1, 0.15) is 5.82 Å². The van der Waals surface area contributed by atoms with Crippen LogP contribution in [0.4, 0.5) is 13.2 Å². The number of para-hydroxylation sites is 2. The van der Waals surface area contributed by atoms with Gasteiger partial charge in [-0.25, -0.2) is 4.98 Å². The predicted molar refractivity (Wildman–Crippen MR) is 77.5 cm³/mol. The van der Waals surface area contributed by atoms with Crippen LogP contribution >= 0.6 is 0 Å². The third-order valence-electron chi connectivity index (χ3n) is 2.95. The number of nitrogens with one attached hydrogen (secondary N) is 1. The predicted octanol–water partition coefficient (Wildman–Crippen LogP) is 1.35. The first kappa shape index (κ1) is 17.3. The summed E-state index contributed by atoms with van der Waals surface area (Å²) in [5.41, 5.74) is 0.239. The van der Waals surface area contributed by atoms with Gasteiger partial charge in [-0.15, -0.1) is 6.42 Å². The van der Waals surface area contributed by atoms with Gasteiger partial charge in [-0.1, -0.05) is 18.1 Å². The van der Waals surface area contributed by atoms with Crippen LogP contribution in [0.15, 0.2) is 24.3 Å². The summed E-state index contributed by atoms with van der Waals surface area (Å²) in [4.78, 5) is 26.5. The summed E-state index contributed by atoms with van der Waals surface area (Å²) >= 11 is 0. The van der Waals surface area contributed by atoms with Gasteiger partial charge in [-0.3, -0.25) is 9.59 Å². The van der Waals surface area contributed by atoms with Crippen molar-refractivity contribution < 1.29 is 27.5 Å². The fourth-order valence-electron chi connectivity index (χ4n) is 1.97. The number of rotatable bonds is 5. The van der Waals surface area contributed by atoms with E-state index in [1.54, 1.807) is 0 Å². The average Bonchev–Trinajstić information content (AvgIpc) is 2.90. The molecule has 2 rings (SSSR count). The van der Waals surface area contributed by atoms with Gasteiger partial charge in [0.25, 0.3) is 5.91 Å². The van der Waals surface area contributed by atoms with Gasteiger partial charge in [-0.2, -0.15) is 13.2 Å². The number of benzene rings is 1. The van der Waals surface area contributed by atoms with Crippen molar-refractivity contribution in [3.8, 4) is 12.3 Å². The number of amides is 1. The van der Waals surface area contributed by atoms with E-state index in [9.17, 15) is 22.8 Å². The summed E-state index contributed by atoms with van der Waals surface area (Å²) in [5, 5.41) is 2.26. The van der Waals surface area contributed by atoms with E-state index in [2.05, 4.69) is 21.0 Å². The molecule has 24 heavy (non-hydrogen) atoms. The number of nitrogens with zero attached hydrogens (tertiary/aromatic N) is 2. The maximum Gasteiger partial charge on any atom is 0.449 e. The molecular formula is C15H12F3N3O3. The highest BCUT2D eigenvalue weighted by molar-refractivity contribution is 5.82. The van der Waals surface area contributed by atoms with Gasteiger partial charge in [-0.05, 0) is 12.1 Å². The van der Waals surface area contributed by atoms with Crippen molar-refractivity contribution in [2.24, 2.45) is 0 Å². The van der Waals surface area contributed by atoms with E-state index in [0.29, 0.717) is 4.57 Å². The van der Waals surface area contributed by atoms with Gasteiger partial charge in [0.1, 0.15) is 6.54 Å². The summed E-state index contributed by atoms with van der Waals surface area (Å²) in [7, 11) is 0. The average molecular weight is 339 g/mol. The van der Waals surface area contributed by atoms with Crippen LogP contribution in [-0.2, 0) is 27.0 Å². The van der Waals surface area contributed by atoms with E-state index >= 15 is 0 Å². The molecule has 0 aliphatic rings. The first-order chi connectivity index (χ1) is 11.3. The summed E-state index contributed by atoms with van der Waals surface area (Å²) in [6.07, 6.45) is 0.211. The molecule has 0 fully saturated rings. The number of aromatic nitrogens is 2. The van der Waals surface area contributed by atoms with Crippen LogP contribution in [0.25, 0.3) is 11.0 Å². The summed E-state index contributed by atoms with van der Waals surface area (Å²) < 4.78 is 44.6. The SMILES string of the molecule is C#CCNC(=O)COC(=O)Cn1c(C(F)(F)F)nc2ccccc21. The maximum atomic E-state index is 13.1. The molecule has 1 aromatic carbocycles. The molecule has 9 heteroatoms. The zero-order valence-electron chi connectivity index (χ0n) is 12.3. The maximum absolute atomic E-state index is 13.1. The molecule has 1 heterocycles. The lowest BCUT2D eigenvalue weighted by Gasteiger charge is -2.11. The molecule has 0 atom stereocenters. The number of terminal acetylenes is 1. The smallest absolute Gasteiger partial charge is 0.449 e. The Hall–Kier alpha value is -3.02. The minimum absolute atomic E-state index is 0.0409. The molecule has 2 aromatic rings. The molecule has 1 aromatic heterocycles. The Bertz CT molecular complexity index is 806. The number of hydrogen-bond acceptors (Lipinski definition) is 4. The largest absolute Gasteiger partial charge is 0.454 e. The molecule has 0 spiro atoms. The number of hydrogen-bond donors (Lipinski definition) is 1. The minimum atomic E-state index is -4.73. The Morgan fingerprint density at radius 3 is 2.71 bits per heavy atom. The number of ether oxygens (including phenoxy) is 1. The van der Waals surface area contributed by atoms with Crippen LogP contribution < -0.4 is 5.32 Å². The van der Waals surface area contributed by atoms with E-state index in [1.807, 2.05) is 0 Å². The Morgan fingerprint density at radius 1 is 1.33 bits per heavy atom. The van der Waals surface area contributed by atoms with Crippen molar-refractivity contribution in [2.75, 3.05) is 13.2 Å². The molecule has 0 saturated carbocycles. The Morgan fingerprint density at radius 2 is 2.04 bits per heavy atom. The minimum Gasteiger partial charge on any atom is -0.454 e. The van der Waals surface area contributed by atoms with Crippen LogP contribution in [0.2, 0.25) is 0 Å². The zero-order valence-corrected chi connectivity index (χ0v) is 12.3. The second kappa shape index (κ2) is 7.04. The highest BCUT2D eigenvalue weighted by Crippen LogP contribution is 2.31. The van der Waals surface area contributed by atoms with E-state index in [0.717, 1.165) is 0 Å². The van der Waals surface area contributed by atoms with Gasteiger partial charge >= 0.3 is 12.1 Å². The number of carbonyl (C=O) groups is 2. The fraction of sp³-hybridized carbons (Fsp3) is 0.267. The first-order valence-electron chi connectivity index (χ1n) is 6.71. The van der Waals surface area contributed by atoms with Crippen molar-refractivity contribution in [3.63, 3.8) is 0 Å². The molecule has 6 nitrogen and oxygen atoms in total. The number of carbonyl (C=O) groups excluding carboxylic acids is 2. The number of halogens is 3. The fourth-order valence-corrected chi connectivity index (χ4v) is 1.97. The van der Waals surface area contributed by atoms with E-state index in [4.69, 9.17) is 6.42 Å². The van der Waals surface area contributed by atoms with Gasteiger partial charge < -0.3 is 14.6 Å².